The summed E-state index contributed by atoms with van der Waals surface area (Å²) in [7, 11) is 0. The first-order valence-electron chi connectivity index (χ1n) is 4.49. The summed E-state index contributed by atoms with van der Waals surface area (Å²) in [6, 6.07) is 2.97. The molecule has 0 saturated heterocycles. The predicted octanol–water partition coefficient (Wildman–Crippen LogP) is -0.495. The topological polar surface area (TPSA) is 38.9 Å². The van der Waals surface area contributed by atoms with Gasteiger partial charge in [-0.05, 0) is 18.6 Å². The van der Waals surface area contributed by atoms with Crippen LogP contribution in [0.25, 0.3) is 6.08 Å². The van der Waals surface area contributed by atoms with E-state index in [2.05, 4.69) is 4.98 Å². The number of hydrogen-bond donors (Lipinski definition) is 1. The van der Waals surface area contributed by atoms with Crippen molar-refractivity contribution < 1.29 is 64.3 Å². The van der Waals surface area contributed by atoms with Crippen LogP contribution in [0, 0.1) is 0 Å². The van der Waals surface area contributed by atoms with Gasteiger partial charge in [-0.25, -0.2) is 0 Å². The summed E-state index contributed by atoms with van der Waals surface area (Å²) in [5.74, 6) is 0.239. The second-order valence-electron chi connectivity index (χ2n) is 3.29. The van der Waals surface area contributed by atoms with Gasteiger partial charge in [0.25, 0.3) is 0 Å². The van der Waals surface area contributed by atoms with Crippen LogP contribution in [0.3, 0.4) is 0 Å². The van der Waals surface area contributed by atoms with Gasteiger partial charge < -0.3 is 18.7 Å². The Morgan fingerprint density at radius 2 is 2.00 bits per heavy atom. The normalized spacial score (nSPS) is 13.6. The molecule has 2 nitrogen and oxygen atoms in total. The van der Waals surface area contributed by atoms with Crippen molar-refractivity contribution in [3.05, 3.63) is 35.6 Å². The number of nitrogens with zero attached hydrogens (tertiary/aromatic N) is 1. The first-order chi connectivity index (χ1) is 6.88. The zero-order valence-corrected chi connectivity index (χ0v) is 12.3. The van der Waals surface area contributed by atoms with Gasteiger partial charge in [0.05, 0.1) is 5.69 Å². The summed E-state index contributed by atoms with van der Waals surface area (Å²) in [4.78, 5) is 3.94. The van der Waals surface area contributed by atoms with Gasteiger partial charge in [0, 0.05) is 12.2 Å². The third-order valence-corrected chi connectivity index (χ3v) is 1.78. The van der Waals surface area contributed by atoms with E-state index in [0.717, 1.165) is 6.08 Å². The van der Waals surface area contributed by atoms with Crippen molar-refractivity contribution in [3.8, 4) is 0 Å². The van der Waals surface area contributed by atoms with E-state index in [1.165, 1.54) is 6.20 Å². The molecule has 16 heavy (non-hydrogen) atoms. The van der Waals surface area contributed by atoms with Gasteiger partial charge in [-0.3, -0.25) is 4.98 Å². The molecule has 1 atom stereocenters. The molecule has 0 aliphatic heterocycles. The molecule has 0 bridgehead atoms. The van der Waals surface area contributed by atoms with Crippen LogP contribution in [0.15, 0.2) is 24.3 Å². The Balaban J connectivity index is 0.00000225. The number of nitrogens with two attached hydrogens (primary N) is 1. The van der Waals surface area contributed by atoms with Crippen molar-refractivity contribution in [1.82, 2.24) is 4.98 Å². The monoisotopic (exact) mass is 254 g/mol. The maximum Gasteiger partial charge on any atom is 1.00 e. The van der Waals surface area contributed by atoms with Crippen LogP contribution < -0.4 is 57.1 Å². The van der Waals surface area contributed by atoms with E-state index in [1.807, 2.05) is 0 Å². The van der Waals surface area contributed by atoms with Gasteiger partial charge in [0.2, 0.25) is 0 Å². The number of aromatic nitrogens is 1. The average Bonchev–Trinajstić information content (AvgIpc) is 2.14. The fourth-order valence-electron chi connectivity index (χ4n) is 1.00. The second kappa shape index (κ2) is 6.93. The standard InChI is InChI=1S/C9H11BF3N2.K/c1-7(14)9-3-2-8(6-15-9)4-5-10(11,12)13;/h2-7H,14H2,1H3;/q-1;+1/b5-4+;. The molecule has 0 aliphatic rings. The zero-order chi connectivity index (χ0) is 11.5. The van der Waals surface area contributed by atoms with Crippen LogP contribution >= 0.6 is 0 Å². The smallest absolute Gasteiger partial charge is 0.445 e. The van der Waals surface area contributed by atoms with E-state index in [1.54, 1.807) is 19.1 Å². The largest absolute Gasteiger partial charge is 1.00 e. The molecule has 0 amide bonds. The molecule has 0 aliphatic carbocycles. The summed E-state index contributed by atoms with van der Waals surface area (Å²) < 4.78 is 35.7. The average molecular weight is 254 g/mol. The molecule has 2 N–H and O–H groups in total. The van der Waals surface area contributed by atoms with E-state index in [0.29, 0.717) is 11.3 Å². The van der Waals surface area contributed by atoms with Crippen LogP contribution in [-0.4, -0.2) is 12.0 Å². The summed E-state index contributed by atoms with van der Waals surface area (Å²) in [6.07, 6.45) is 2.37. The Labute approximate surface area is 135 Å². The number of halogens is 3. The summed E-state index contributed by atoms with van der Waals surface area (Å²) >= 11 is 0. The van der Waals surface area contributed by atoms with Crippen molar-refractivity contribution in [2.75, 3.05) is 0 Å². The Hall–Kier alpha value is 0.341. The summed E-state index contributed by atoms with van der Waals surface area (Å²) in [5, 5.41) is 0. The van der Waals surface area contributed by atoms with E-state index in [-0.39, 0.29) is 63.4 Å². The summed E-state index contributed by atoms with van der Waals surface area (Å²) in [6.45, 7) is -3.12. The maximum absolute atomic E-state index is 11.9. The van der Waals surface area contributed by atoms with Crippen molar-refractivity contribution >= 4 is 13.1 Å². The molecule has 7 heteroatoms. The molecule has 1 aromatic rings. The molecule has 1 aromatic heterocycles. The van der Waals surface area contributed by atoms with E-state index in [4.69, 9.17) is 5.73 Å². The molecular formula is C9H11BF3KN2. The molecule has 1 rings (SSSR count). The molecule has 1 heterocycles. The van der Waals surface area contributed by atoms with E-state index < -0.39 is 6.98 Å². The molecular weight excluding hydrogens is 243 g/mol. The molecule has 0 spiro atoms. The number of rotatable bonds is 3. The maximum atomic E-state index is 11.9. The third kappa shape index (κ3) is 6.17. The van der Waals surface area contributed by atoms with Crippen LogP contribution in [-0.2, 0) is 0 Å². The molecule has 0 radical (unpaired) electrons. The van der Waals surface area contributed by atoms with Gasteiger partial charge in [-0.15, -0.1) is 5.98 Å². The Morgan fingerprint density at radius 3 is 2.38 bits per heavy atom. The third-order valence-electron chi connectivity index (χ3n) is 1.78. The van der Waals surface area contributed by atoms with Crippen LogP contribution in [0.5, 0.6) is 0 Å². The van der Waals surface area contributed by atoms with Gasteiger partial charge in [-0.1, -0.05) is 12.1 Å². The number of pyridine rings is 1. The molecule has 0 saturated carbocycles. The van der Waals surface area contributed by atoms with Crippen molar-refractivity contribution in [2.24, 2.45) is 5.73 Å². The Morgan fingerprint density at radius 1 is 1.38 bits per heavy atom. The Bertz CT molecular complexity index is 349. The summed E-state index contributed by atoms with van der Waals surface area (Å²) in [5.41, 5.74) is 6.62. The van der Waals surface area contributed by atoms with Crippen molar-refractivity contribution in [1.29, 1.82) is 0 Å². The van der Waals surface area contributed by atoms with E-state index >= 15 is 0 Å². The minimum absolute atomic E-state index is 0. The van der Waals surface area contributed by atoms with Crippen LogP contribution in [0.2, 0.25) is 0 Å². The Kier molecular flexibility index (Phi) is 7.08. The fourth-order valence-corrected chi connectivity index (χ4v) is 1.00. The van der Waals surface area contributed by atoms with Gasteiger partial charge >= 0.3 is 58.4 Å². The molecule has 82 valence electrons. The zero-order valence-electron chi connectivity index (χ0n) is 9.20. The minimum Gasteiger partial charge on any atom is -0.445 e. The first-order valence-corrected chi connectivity index (χ1v) is 4.49. The van der Waals surface area contributed by atoms with Gasteiger partial charge in [0.15, 0.2) is 0 Å². The van der Waals surface area contributed by atoms with Crippen molar-refractivity contribution in [2.45, 2.75) is 13.0 Å². The minimum atomic E-state index is -4.88. The van der Waals surface area contributed by atoms with Gasteiger partial charge in [0.1, 0.15) is 0 Å². The molecule has 1 unspecified atom stereocenters. The quantitative estimate of drug-likeness (QED) is 0.739. The van der Waals surface area contributed by atoms with E-state index in [9.17, 15) is 12.9 Å². The molecule has 0 aromatic carbocycles. The predicted molar refractivity (Wildman–Crippen MR) is 55.0 cm³/mol. The van der Waals surface area contributed by atoms with Crippen LogP contribution in [0.1, 0.15) is 24.2 Å². The van der Waals surface area contributed by atoms with Crippen LogP contribution in [0.4, 0.5) is 12.9 Å². The second-order valence-corrected chi connectivity index (χ2v) is 3.29. The van der Waals surface area contributed by atoms with Gasteiger partial charge in [-0.2, -0.15) is 0 Å². The first kappa shape index (κ1) is 16.3. The van der Waals surface area contributed by atoms with Crippen molar-refractivity contribution in [3.63, 3.8) is 0 Å². The SMILES string of the molecule is CC(N)c1ccc(/C=C/[B-](F)(F)F)cn1.[K+]. The number of hydrogen-bond acceptors (Lipinski definition) is 2. The molecule has 0 fully saturated rings. The fraction of sp³-hybridized carbons (Fsp3) is 0.222.